The number of likely N-dealkylation sites (tertiary alicyclic amines) is 1. The summed E-state index contributed by atoms with van der Waals surface area (Å²) in [5.41, 5.74) is 0. The van der Waals surface area contributed by atoms with E-state index in [9.17, 15) is 4.79 Å². The summed E-state index contributed by atoms with van der Waals surface area (Å²) in [6.45, 7) is 7.15. The highest BCUT2D eigenvalue weighted by atomic mass is 16.2. The van der Waals surface area contributed by atoms with Gasteiger partial charge in [0.05, 0.1) is 5.92 Å². The predicted molar refractivity (Wildman–Crippen MR) is 64.3 cm³/mol. The molecule has 0 saturated carbocycles. The fourth-order valence-electron chi connectivity index (χ4n) is 2.70. The Kier molecular flexibility index (Phi) is 3.82. The van der Waals surface area contributed by atoms with Crippen molar-refractivity contribution in [2.24, 2.45) is 5.92 Å². The van der Waals surface area contributed by atoms with E-state index in [2.05, 4.69) is 17.1 Å². The van der Waals surface area contributed by atoms with Crippen LogP contribution in [0, 0.1) is 5.92 Å². The third-order valence-electron chi connectivity index (χ3n) is 3.90. The number of likely N-dealkylation sites (N-methyl/N-ethyl adjacent to an activating group) is 2. The Morgan fingerprint density at radius 3 is 2.81 bits per heavy atom. The molecule has 0 aliphatic carbocycles. The molecule has 0 aromatic carbocycles. The van der Waals surface area contributed by atoms with E-state index in [1.54, 1.807) is 0 Å². The van der Waals surface area contributed by atoms with Gasteiger partial charge in [0.15, 0.2) is 0 Å². The third kappa shape index (κ3) is 2.38. The summed E-state index contributed by atoms with van der Waals surface area (Å²) in [5.74, 6) is 0.559. The molecule has 16 heavy (non-hydrogen) atoms. The van der Waals surface area contributed by atoms with Gasteiger partial charge in [0.1, 0.15) is 0 Å². The van der Waals surface area contributed by atoms with Gasteiger partial charge < -0.3 is 10.2 Å². The summed E-state index contributed by atoms with van der Waals surface area (Å²) < 4.78 is 0. The highest BCUT2D eigenvalue weighted by molar-refractivity contribution is 5.80. The van der Waals surface area contributed by atoms with Crippen LogP contribution in [0.25, 0.3) is 0 Å². The Hall–Kier alpha value is -0.610. The number of rotatable bonds is 4. The van der Waals surface area contributed by atoms with Crippen LogP contribution >= 0.6 is 0 Å². The first-order valence-corrected chi connectivity index (χ1v) is 6.42. The summed E-state index contributed by atoms with van der Waals surface area (Å²) in [4.78, 5) is 16.4. The van der Waals surface area contributed by atoms with Gasteiger partial charge in [0, 0.05) is 32.7 Å². The van der Waals surface area contributed by atoms with Crippen molar-refractivity contribution in [2.45, 2.75) is 25.8 Å². The highest BCUT2D eigenvalue weighted by Crippen LogP contribution is 2.18. The summed E-state index contributed by atoms with van der Waals surface area (Å²) in [6.07, 6.45) is 2.53. The van der Waals surface area contributed by atoms with Gasteiger partial charge in [-0.2, -0.15) is 0 Å². The van der Waals surface area contributed by atoms with Gasteiger partial charge in [0.2, 0.25) is 5.91 Å². The molecule has 2 fully saturated rings. The minimum atomic E-state index is 0.237. The summed E-state index contributed by atoms with van der Waals surface area (Å²) in [5, 5.41) is 3.15. The Labute approximate surface area is 98.0 Å². The van der Waals surface area contributed by atoms with Crippen molar-refractivity contribution in [1.29, 1.82) is 0 Å². The van der Waals surface area contributed by atoms with E-state index < -0.39 is 0 Å². The average Bonchev–Trinajstić information content (AvgIpc) is 2.62. The van der Waals surface area contributed by atoms with E-state index in [0.29, 0.717) is 11.9 Å². The first kappa shape index (κ1) is 11.9. The topological polar surface area (TPSA) is 35.6 Å². The van der Waals surface area contributed by atoms with E-state index in [-0.39, 0.29) is 5.92 Å². The van der Waals surface area contributed by atoms with Crippen LogP contribution in [0.5, 0.6) is 0 Å². The number of carbonyl (C=O) groups excluding carboxylic acids is 1. The van der Waals surface area contributed by atoms with Gasteiger partial charge in [-0.1, -0.05) is 6.92 Å². The number of hydrogen-bond acceptors (Lipinski definition) is 3. The van der Waals surface area contributed by atoms with Crippen LogP contribution in [0.1, 0.15) is 19.8 Å². The van der Waals surface area contributed by atoms with Gasteiger partial charge in [-0.3, -0.25) is 9.69 Å². The van der Waals surface area contributed by atoms with E-state index in [4.69, 9.17) is 0 Å². The maximum atomic E-state index is 12.0. The van der Waals surface area contributed by atoms with Crippen molar-refractivity contribution in [3.05, 3.63) is 0 Å². The SMILES string of the molecule is CCN1CCCC1CN(C)C(=O)C1CNC1. The molecule has 0 aromatic heterocycles. The molecule has 0 radical (unpaired) electrons. The van der Waals surface area contributed by atoms with Crippen LogP contribution in [0.4, 0.5) is 0 Å². The maximum Gasteiger partial charge on any atom is 0.228 e. The molecule has 1 amide bonds. The smallest absolute Gasteiger partial charge is 0.228 e. The second-order valence-electron chi connectivity index (χ2n) is 5.00. The Morgan fingerprint density at radius 1 is 1.50 bits per heavy atom. The fourth-order valence-corrected chi connectivity index (χ4v) is 2.70. The lowest BCUT2D eigenvalue weighted by molar-refractivity contribution is -0.136. The molecule has 2 rings (SSSR count). The van der Waals surface area contributed by atoms with Crippen LogP contribution < -0.4 is 5.32 Å². The molecule has 2 heterocycles. The van der Waals surface area contributed by atoms with Crippen LogP contribution in [-0.2, 0) is 4.79 Å². The predicted octanol–water partition coefficient (Wildman–Crippen LogP) is 0.149. The molecule has 4 nitrogen and oxygen atoms in total. The lowest BCUT2D eigenvalue weighted by Crippen LogP contribution is -2.53. The molecule has 0 spiro atoms. The zero-order valence-electron chi connectivity index (χ0n) is 10.4. The molecule has 0 aromatic rings. The highest BCUT2D eigenvalue weighted by Gasteiger charge is 2.30. The van der Waals surface area contributed by atoms with E-state index in [0.717, 1.165) is 26.2 Å². The van der Waals surface area contributed by atoms with Gasteiger partial charge in [-0.25, -0.2) is 0 Å². The third-order valence-corrected chi connectivity index (χ3v) is 3.90. The second kappa shape index (κ2) is 5.15. The molecule has 1 atom stereocenters. The lowest BCUT2D eigenvalue weighted by Gasteiger charge is -2.33. The zero-order chi connectivity index (χ0) is 11.5. The van der Waals surface area contributed by atoms with Crippen molar-refractivity contribution in [3.8, 4) is 0 Å². The van der Waals surface area contributed by atoms with Crippen molar-refractivity contribution in [2.75, 3.05) is 39.8 Å². The van der Waals surface area contributed by atoms with Gasteiger partial charge >= 0.3 is 0 Å². The lowest BCUT2D eigenvalue weighted by atomic mass is 10.0. The standard InChI is InChI=1S/C12H23N3O/c1-3-15-6-4-5-11(15)9-14(2)12(16)10-7-13-8-10/h10-11,13H,3-9H2,1-2H3. The molecule has 1 unspecified atom stereocenters. The second-order valence-corrected chi connectivity index (χ2v) is 5.00. The first-order chi connectivity index (χ1) is 7.72. The van der Waals surface area contributed by atoms with E-state index >= 15 is 0 Å². The van der Waals surface area contributed by atoms with Crippen molar-refractivity contribution < 1.29 is 4.79 Å². The molecule has 4 heteroatoms. The average molecular weight is 225 g/mol. The number of nitrogens with zero attached hydrogens (tertiary/aromatic N) is 2. The van der Waals surface area contributed by atoms with Gasteiger partial charge in [0.25, 0.3) is 0 Å². The van der Waals surface area contributed by atoms with Crippen LogP contribution in [0.3, 0.4) is 0 Å². The Morgan fingerprint density at radius 2 is 2.25 bits per heavy atom. The zero-order valence-corrected chi connectivity index (χ0v) is 10.4. The number of hydrogen-bond donors (Lipinski definition) is 1. The van der Waals surface area contributed by atoms with Gasteiger partial charge in [-0.15, -0.1) is 0 Å². The minimum Gasteiger partial charge on any atom is -0.344 e. The van der Waals surface area contributed by atoms with Crippen molar-refractivity contribution in [1.82, 2.24) is 15.1 Å². The van der Waals surface area contributed by atoms with Crippen LogP contribution in [0.15, 0.2) is 0 Å². The molecular formula is C12H23N3O. The molecule has 0 bridgehead atoms. The fraction of sp³-hybridized carbons (Fsp3) is 0.917. The molecule has 2 aliphatic heterocycles. The monoisotopic (exact) mass is 225 g/mol. The van der Waals surface area contributed by atoms with Crippen molar-refractivity contribution in [3.63, 3.8) is 0 Å². The van der Waals surface area contributed by atoms with Gasteiger partial charge in [-0.05, 0) is 25.9 Å². The molecule has 1 N–H and O–H groups in total. The summed E-state index contributed by atoms with van der Waals surface area (Å²) in [7, 11) is 1.95. The molecule has 92 valence electrons. The molecular weight excluding hydrogens is 202 g/mol. The number of amides is 1. The maximum absolute atomic E-state index is 12.0. The van der Waals surface area contributed by atoms with Crippen molar-refractivity contribution >= 4 is 5.91 Å². The van der Waals surface area contributed by atoms with E-state index in [1.807, 2.05) is 11.9 Å². The van der Waals surface area contributed by atoms with E-state index in [1.165, 1.54) is 19.4 Å². The number of nitrogens with one attached hydrogen (secondary N) is 1. The number of carbonyl (C=O) groups is 1. The molecule has 2 aliphatic rings. The summed E-state index contributed by atoms with van der Waals surface area (Å²) >= 11 is 0. The summed E-state index contributed by atoms with van der Waals surface area (Å²) in [6, 6.07) is 0.590. The Balaban J connectivity index is 1.81. The first-order valence-electron chi connectivity index (χ1n) is 6.42. The normalized spacial score (nSPS) is 26.8. The van der Waals surface area contributed by atoms with Crippen LogP contribution in [0.2, 0.25) is 0 Å². The Bertz CT molecular complexity index is 253. The quantitative estimate of drug-likeness (QED) is 0.740. The van der Waals surface area contributed by atoms with Crippen LogP contribution in [-0.4, -0.2) is 61.5 Å². The minimum absolute atomic E-state index is 0.237. The largest absolute Gasteiger partial charge is 0.344 e. The molecule has 2 saturated heterocycles.